The van der Waals surface area contributed by atoms with Crippen LogP contribution in [-0.2, 0) is 0 Å². The summed E-state index contributed by atoms with van der Waals surface area (Å²) < 4.78 is 3.45. The van der Waals surface area contributed by atoms with Crippen molar-refractivity contribution >= 4 is 49.3 Å². The van der Waals surface area contributed by atoms with Crippen molar-refractivity contribution in [3.63, 3.8) is 0 Å². The van der Waals surface area contributed by atoms with Crippen molar-refractivity contribution in [3.8, 4) is 0 Å². The molecule has 3 nitrogen and oxygen atoms in total. The zero-order valence-electron chi connectivity index (χ0n) is 12.6. The molecule has 0 saturated carbocycles. The highest BCUT2D eigenvalue weighted by molar-refractivity contribution is 9.10. The van der Waals surface area contributed by atoms with E-state index in [0.717, 1.165) is 26.0 Å². The summed E-state index contributed by atoms with van der Waals surface area (Å²) in [6, 6.07) is 12.0. The molecule has 5 heteroatoms. The van der Waals surface area contributed by atoms with E-state index in [0.29, 0.717) is 4.53 Å². The van der Waals surface area contributed by atoms with Crippen LogP contribution in [0.15, 0.2) is 45.7 Å². The first-order valence-electron chi connectivity index (χ1n) is 7.22. The van der Waals surface area contributed by atoms with Gasteiger partial charge >= 0.3 is 0 Å². The van der Waals surface area contributed by atoms with Crippen LogP contribution < -0.4 is 10.1 Å². The highest BCUT2D eigenvalue weighted by Crippen LogP contribution is 2.20. The molecule has 0 spiro atoms. The Labute approximate surface area is 145 Å². The van der Waals surface area contributed by atoms with Crippen molar-refractivity contribution in [2.75, 3.05) is 0 Å². The standard InChI is InChI=1S/C18H13BrN2OS/c1-10-7-14-15(8-11(10)2)21-17(22)16(23-18(21)20-14)9-12-3-5-13(19)6-4-12/h3-9H,1-2H3. The van der Waals surface area contributed by atoms with Gasteiger partial charge in [-0.25, -0.2) is 9.38 Å². The number of aryl methyl sites for hydroxylation is 2. The summed E-state index contributed by atoms with van der Waals surface area (Å²) in [5.41, 5.74) is 5.14. The van der Waals surface area contributed by atoms with Crippen LogP contribution in [0.3, 0.4) is 0 Å². The first kappa shape index (κ1) is 14.6. The molecule has 23 heavy (non-hydrogen) atoms. The first-order chi connectivity index (χ1) is 11.0. The van der Waals surface area contributed by atoms with Gasteiger partial charge in [0.2, 0.25) is 0 Å². The predicted octanol–water partition coefficient (Wildman–Crippen LogP) is 3.84. The van der Waals surface area contributed by atoms with Gasteiger partial charge in [0.15, 0.2) is 4.96 Å². The van der Waals surface area contributed by atoms with E-state index in [1.165, 1.54) is 22.5 Å². The Kier molecular flexibility index (Phi) is 3.36. The van der Waals surface area contributed by atoms with Gasteiger partial charge in [-0.1, -0.05) is 39.4 Å². The predicted molar refractivity (Wildman–Crippen MR) is 99.2 cm³/mol. The second kappa shape index (κ2) is 5.28. The average Bonchev–Trinajstić information content (AvgIpc) is 3.00. The van der Waals surface area contributed by atoms with Crippen LogP contribution in [0.5, 0.6) is 0 Å². The number of fused-ring (bicyclic) bond motifs is 3. The number of imidazole rings is 1. The molecule has 0 amide bonds. The molecule has 4 rings (SSSR count). The molecule has 2 aromatic heterocycles. The summed E-state index contributed by atoms with van der Waals surface area (Å²) in [5.74, 6) is 0. The third-order valence-corrected chi connectivity index (χ3v) is 5.52. The number of halogens is 1. The lowest BCUT2D eigenvalue weighted by Crippen LogP contribution is -2.22. The minimum absolute atomic E-state index is 0.00123. The molecule has 0 atom stereocenters. The van der Waals surface area contributed by atoms with Crippen molar-refractivity contribution < 1.29 is 0 Å². The highest BCUT2D eigenvalue weighted by Gasteiger charge is 2.12. The monoisotopic (exact) mass is 384 g/mol. The fourth-order valence-electron chi connectivity index (χ4n) is 2.63. The number of nitrogens with zero attached hydrogens (tertiary/aromatic N) is 2. The molecular formula is C18H13BrN2OS. The fraction of sp³-hybridized carbons (Fsp3) is 0.111. The van der Waals surface area contributed by atoms with Crippen molar-refractivity contribution in [1.29, 1.82) is 0 Å². The zero-order chi connectivity index (χ0) is 16.1. The number of rotatable bonds is 1. The fourth-order valence-corrected chi connectivity index (χ4v) is 3.88. The maximum Gasteiger partial charge on any atom is 0.274 e. The number of hydrogen-bond donors (Lipinski definition) is 0. The molecule has 0 bridgehead atoms. The van der Waals surface area contributed by atoms with Crippen LogP contribution >= 0.6 is 27.3 Å². The molecule has 0 N–H and O–H groups in total. The number of hydrogen-bond acceptors (Lipinski definition) is 3. The second-order valence-electron chi connectivity index (χ2n) is 5.62. The maximum absolute atomic E-state index is 12.8. The molecule has 2 heterocycles. The number of benzene rings is 2. The summed E-state index contributed by atoms with van der Waals surface area (Å²) in [7, 11) is 0. The topological polar surface area (TPSA) is 34.4 Å². The van der Waals surface area contributed by atoms with Crippen LogP contribution in [-0.4, -0.2) is 9.38 Å². The molecule has 0 aliphatic heterocycles. The van der Waals surface area contributed by atoms with Crippen molar-refractivity contribution in [3.05, 3.63) is 72.4 Å². The van der Waals surface area contributed by atoms with Gasteiger partial charge in [0, 0.05) is 4.47 Å². The summed E-state index contributed by atoms with van der Waals surface area (Å²) >= 11 is 4.85. The van der Waals surface area contributed by atoms with Crippen LogP contribution in [0.1, 0.15) is 16.7 Å². The average molecular weight is 385 g/mol. The summed E-state index contributed by atoms with van der Waals surface area (Å²) in [6.45, 7) is 4.12. The summed E-state index contributed by atoms with van der Waals surface area (Å²) in [6.07, 6.45) is 1.92. The van der Waals surface area contributed by atoms with E-state index in [1.807, 2.05) is 42.5 Å². The van der Waals surface area contributed by atoms with Gasteiger partial charge in [0.25, 0.3) is 5.56 Å². The normalized spacial score (nSPS) is 12.6. The molecule has 0 radical (unpaired) electrons. The second-order valence-corrected chi connectivity index (χ2v) is 7.55. The van der Waals surface area contributed by atoms with Crippen LogP contribution in [0.25, 0.3) is 22.1 Å². The van der Waals surface area contributed by atoms with E-state index in [-0.39, 0.29) is 5.56 Å². The van der Waals surface area contributed by atoms with Gasteiger partial charge in [-0.3, -0.25) is 4.79 Å². The lowest BCUT2D eigenvalue weighted by atomic mass is 10.1. The van der Waals surface area contributed by atoms with Gasteiger partial charge in [0.05, 0.1) is 15.6 Å². The Balaban J connectivity index is 2.00. The van der Waals surface area contributed by atoms with E-state index in [9.17, 15) is 4.79 Å². The van der Waals surface area contributed by atoms with Crippen LogP contribution in [0.2, 0.25) is 0 Å². The number of thiazole rings is 1. The van der Waals surface area contributed by atoms with Crippen molar-refractivity contribution in [1.82, 2.24) is 9.38 Å². The third-order valence-electron chi connectivity index (χ3n) is 4.02. The first-order valence-corrected chi connectivity index (χ1v) is 8.83. The zero-order valence-corrected chi connectivity index (χ0v) is 15.0. The molecule has 2 aromatic carbocycles. The molecule has 114 valence electrons. The van der Waals surface area contributed by atoms with E-state index in [4.69, 9.17) is 0 Å². The molecular weight excluding hydrogens is 372 g/mol. The highest BCUT2D eigenvalue weighted by atomic mass is 79.9. The van der Waals surface area contributed by atoms with Crippen LogP contribution in [0, 0.1) is 13.8 Å². The molecule has 0 aliphatic rings. The van der Waals surface area contributed by atoms with E-state index in [1.54, 1.807) is 4.40 Å². The molecule has 0 aliphatic carbocycles. The minimum atomic E-state index is -0.00123. The van der Waals surface area contributed by atoms with Crippen molar-refractivity contribution in [2.24, 2.45) is 0 Å². The van der Waals surface area contributed by atoms with E-state index < -0.39 is 0 Å². The Morgan fingerprint density at radius 3 is 2.57 bits per heavy atom. The minimum Gasteiger partial charge on any atom is -0.267 e. The smallest absolute Gasteiger partial charge is 0.267 e. The summed E-state index contributed by atoms with van der Waals surface area (Å²) in [4.78, 5) is 18.1. The van der Waals surface area contributed by atoms with Gasteiger partial charge < -0.3 is 0 Å². The molecule has 0 unspecified atom stereocenters. The third kappa shape index (κ3) is 2.40. The lowest BCUT2D eigenvalue weighted by molar-refractivity contribution is 1.18. The largest absolute Gasteiger partial charge is 0.274 e. The van der Waals surface area contributed by atoms with E-state index >= 15 is 0 Å². The Morgan fingerprint density at radius 2 is 1.83 bits per heavy atom. The molecule has 0 saturated heterocycles. The Bertz CT molecular complexity index is 1160. The van der Waals surface area contributed by atoms with Gasteiger partial charge in [-0.2, -0.15) is 0 Å². The van der Waals surface area contributed by atoms with Gasteiger partial charge in [-0.05, 0) is 60.9 Å². The van der Waals surface area contributed by atoms with Gasteiger partial charge in [0.1, 0.15) is 0 Å². The SMILES string of the molecule is Cc1cc2nc3sc(=Cc4ccc(Br)cc4)c(=O)n3c2cc1C. The molecule has 0 fully saturated rings. The molecule has 4 aromatic rings. The quantitative estimate of drug-likeness (QED) is 0.499. The maximum atomic E-state index is 12.8. The van der Waals surface area contributed by atoms with Crippen molar-refractivity contribution in [2.45, 2.75) is 13.8 Å². The van der Waals surface area contributed by atoms with Crippen LogP contribution in [0.4, 0.5) is 0 Å². The van der Waals surface area contributed by atoms with E-state index in [2.05, 4.69) is 34.8 Å². The Hall–Kier alpha value is -1.98. The lowest BCUT2D eigenvalue weighted by Gasteiger charge is -1.98. The number of aromatic nitrogens is 2. The van der Waals surface area contributed by atoms with Gasteiger partial charge in [-0.15, -0.1) is 0 Å². The summed E-state index contributed by atoms with van der Waals surface area (Å²) in [5, 5.41) is 0. The Morgan fingerprint density at radius 1 is 1.13 bits per heavy atom.